The molecule has 0 unspecified atom stereocenters. The second kappa shape index (κ2) is 14.4. The van der Waals surface area contributed by atoms with Crippen LogP contribution in [0.5, 0.6) is 11.6 Å². The Hall–Kier alpha value is -2.76. The van der Waals surface area contributed by atoms with Crippen molar-refractivity contribution < 1.29 is 18.7 Å². The number of hydrogen-bond acceptors (Lipinski definition) is 6. The SMILES string of the molecule is CCOc1ccc(-c2ccc(CC(=O)NCc3cccc(F)c3)nc2OCCN2CCN(CI)CC2)cc1. The molecule has 1 aromatic heterocycles. The molecule has 4 rings (SSSR count). The Morgan fingerprint density at radius 3 is 2.50 bits per heavy atom. The van der Waals surface area contributed by atoms with Crippen LogP contribution < -0.4 is 14.8 Å². The summed E-state index contributed by atoms with van der Waals surface area (Å²) in [6.07, 6.45) is 0.105. The van der Waals surface area contributed by atoms with Crippen molar-refractivity contribution in [2.45, 2.75) is 19.9 Å². The number of carbonyl (C=O) groups excluding carboxylic acids is 1. The number of aromatic nitrogens is 1. The first-order valence-corrected chi connectivity index (χ1v) is 14.4. The molecule has 2 aromatic carbocycles. The highest BCUT2D eigenvalue weighted by atomic mass is 127. The maximum Gasteiger partial charge on any atom is 0.226 e. The van der Waals surface area contributed by atoms with Crippen molar-refractivity contribution in [3.05, 3.63) is 77.7 Å². The van der Waals surface area contributed by atoms with E-state index in [2.05, 4.69) is 37.7 Å². The Labute approximate surface area is 237 Å². The summed E-state index contributed by atoms with van der Waals surface area (Å²) in [6, 6.07) is 17.9. The van der Waals surface area contributed by atoms with E-state index in [0.29, 0.717) is 30.4 Å². The molecule has 202 valence electrons. The fraction of sp³-hybridized carbons (Fsp3) is 0.379. The zero-order valence-corrected chi connectivity index (χ0v) is 23.8. The number of pyridine rings is 1. The third-order valence-electron chi connectivity index (χ3n) is 6.39. The van der Waals surface area contributed by atoms with Crippen LogP contribution in [0.1, 0.15) is 18.2 Å². The number of rotatable bonds is 12. The number of alkyl halides is 1. The molecule has 1 saturated heterocycles. The van der Waals surface area contributed by atoms with Crippen molar-refractivity contribution in [3.8, 4) is 22.8 Å². The average molecular weight is 633 g/mol. The number of ether oxygens (including phenoxy) is 2. The van der Waals surface area contributed by atoms with Crippen molar-refractivity contribution in [2.75, 3.05) is 50.5 Å². The van der Waals surface area contributed by atoms with E-state index in [1.165, 1.54) is 12.1 Å². The Kier molecular flexibility index (Phi) is 10.7. The number of nitrogens with zero attached hydrogens (tertiary/aromatic N) is 3. The molecule has 9 heteroatoms. The van der Waals surface area contributed by atoms with Crippen molar-refractivity contribution in [3.63, 3.8) is 0 Å². The summed E-state index contributed by atoms with van der Waals surface area (Å²) < 4.78 is 26.3. The van der Waals surface area contributed by atoms with Gasteiger partial charge in [-0.1, -0.05) is 46.9 Å². The minimum atomic E-state index is -0.322. The third kappa shape index (κ3) is 8.37. The van der Waals surface area contributed by atoms with Gasteiger partial charge in [-0.3, -0.25) is 14.6 Å². The lowest BCUT2D eigenvalue weighted by Gasteiger charge is -2.33. The van der Waals surface area contributed by atoms with E-state index in [-0.39, 0.29) is 24.7 Å². The van der Waals surface area contributed by atoms with Gasteiger partial charge in [0, 0.05) is 44.8 Å². The summed E-state index contributed by atoms with van der Waals surface area (Å²) in [4.78, 5) is 22.2. The van der Waals surface area contributed by atoms with Crippen molar-refractivity contribution in [1.82, 2.24) is 20.1 Å². The van der Waals surface area contributed by atoms with Gasteiger partial charge in [0.15, 0.2) is 0 Å². The number of carbonyl (C=O) groups is 1. The largest absolute Gasteiger partial charge is 0.494 e. The number of halogens is 2. The highest BCUT2D eigenvalue weighted by Crippen LogP contribution is 2.30. The molecule has 1 N–H and O–H groups in total. The van der Waals surface area contributed by atoms with Crippen LogP contribution in [-0.4, -0.2) is 71.2 Å². The highest BCUT2D eigenvalue weighted by Gasteiger charge is 2.17. The van der Waals surface area contributed by atoms with E-state index in [1.54, 1.807) is 12.1 Å². The van der Waals surface area contributed by atoms with E-state index in [1.807, 2.05) is 43.3 Å². The van der Waals surface area contributed by atoms with Gasteiger partial charge in [0.05, 0.1) is 23.3 Å². The van der Waals surface area contributed by atoms with Gasteiger partial charge in [0.2, 0.25) is 11.8 Å². The third-order valence-corrected chi connectivity index (χ3v) is 7.36. The number of hydrogen-bond donors (Lipinski definition) is 1. The molecular weight excluding hydrogens is 598 g/mol. The first kappa shape index (κ1) is 28.3. The van der Waals surface area contributed by atoms with Gasteiger partial charge in [-0.15, -0.1) is 0 Å². The lowest BCUT2D eigenvalue weighted by atomic mass is 10.1. The summed E-state index contributed by atoms with van der Waals surface area (Å²) in [5.74, 6) is 0.811. The zero-order valence-electron chi connectivity index (χ0n) is 21.7. The number of amides is 1. The van der Waals surface area contributed by atoms with Gasteiger partial charge in [-0.05, 0) is 54.4 Å². The van der Waals surface area contributed by atoms with Gasteiger partial charge in [-0.25, -0.2) is 9.37 Å². The van der Waals surface area contributed by atoms with Crippen LogP contribution in [0.25, 0.3) is 11.1 Å². The smallest absolute Gasteiger partial charge is 0.226 e. The predicted octanol–water partition coefficient (Wildman–Crippen LogP) is 4.53. The van der Waals surface area contributed by atoms with Crippen LogP contribution in [0.4, 0.5) is 4.39 Å². The predicted molar refractivity (Wildman–Crippen MR) is 155 cm³/mol. The molecule has 7 nitrogen and oxygen atoms in total. The molecular formula is C29H34FIN4O3. The number of piperazine rings is 1. The molecule has 0 radical (unpaired) electrons. The van der Waals surface area contributed by atoms with Crippen molar-refractivity contribution >= 4 is 28.5 Å². The van der Waals surface area contributed by atoms with Crippen LogP contribution in [0.3, 0.4) is 0 Å². The molecule has 0 bridgehead atoms. The number of nitrogens with one attached hydrogen (secondary N) is 1. The van der Waals surface area contributed by atoms with Crippen molar-refractivity contribution in [1.29, 1.82) is 0 Å². The molecule has 2 heterocycles. The second-order valence-corrected chi connectivity index (χ2v) is 9.81. The van der Waals surface area contributed by atoms with Crippen molar-refractivity contribution in [2.24, 2.45) is 0 Å². The van der Waals surface area contributed by atoms with E-state index in [0.717, 1.165) is 54.2 Å². The maximum atomic E-state index is 13.4. The summed E-state index contributed by atoms with van der Waals surface area (Å²) >= 11 is 2.41. The summed E-state index contributed by atoms with van der Waals surface area (Å²) in [5.41, 5.74) is 3.16. The molecule has 3 aromatic rings. The average Bonchev–Trinajstić information content (AvgIpc) is 2.93. The van der Waals surface area contributed by atoms with Crippen LogP contribution >= 0.6 is 22.6 Å². The number of benzene rings is 2. The molecule has 0 aliphatic carbocycles. The molecule has 1 amide bonds. The summed E-state index contributed by atoms with van der Waals surface area (Å²) in [6.45, 7) is 8.34. The second-order valence-electron chi connectivity index (χ2n) is 9.12. The van der Waals surface area contributed by atoms with Gasteiger partial charge >= 0.3 is 0 Å². The zero-order chi connectivity index (χ0) is 26.7. The van der Waals surface area contributed by atoms with Gasteiger partial charge < -0.3 is 14.8 Å². The molecule has 0 spiro atoms. The fourth-order valence-electron chi connectivity index (χ4n) is 4.28. The maximum absolute atomic E-state index is 13.4. The summed E-state index contributed by atoms with van der Waals surface area (Å²) in [5, 5.41) is 2.84. The van der Waals surface area contributed by atoms with E-state index < -0.39 is 0 Å². The normalized spacial score (nSPS) is 14.3. The van der Waals surface area contributed by atoms with Gasteiger partial charge in [-0.2, -0.15) is 0 Å². The summed E-state index contributed by atoms with van der Waals surface area (Å²) in [7, 11) is 0. The van der Waals surface area contributed by atoms with Crippen LogP contribution in [0.15, 0.2) is 60.7 Å². The van der Waals surface area contributed by atoms with Crippen LogP contribution in [0, 0.1) is 5.82 Å². The Morgan fingerprint density at radius 2 is 1.79 bits per heavy atom. The molecule has 1 aliphatic rings. The van der Waals surface area contributed by atoms with Crippen LogP contribution in [-0.2, 0) is 17.8 Å². The minimum Gasteiger partial charge on any atom is -0.494 e. The lowest BCUT2D eigenvalue weighted by molar-refractivity contribution is -0.120. The lowest BCUT2D eigenvalue weighted by Crippen LogP contribution is -2.46. The fourth-order valence-corrected chi connectivity index (χ4v) is 4.96. The molecule has 0 atom stereocenters. The van der Waals surface area contributed by atoms with Gasteiger partial charge in [0.1, 0.15) is 18.2 Å². The first-order chi connectivity index (χ1) is 18.5. The highest BCUT2D eigenvalue weighted by molar-refractivity contribution is 14.1. The minimum absolute atomic E-state index is 0.105. The topological polar surface area (TPSA) is 66.9 Å². The van der Waals surface area contributed by atoms with Crippen LogP contribution in [0.2, 0.25) is 0 Å². The quantitative estimate of drug-likeness (QED) is 0.180. The Balaban J connectivity index is 1.43. The molecule has 38 heavy (non-hydrogen) atoms. The standard InChI is InChI=1S/C29H34FIN4O3/c1-2-37-26-9-6-23(7-10-26)27-11-8-25(19-28(36)32-20-22-4-3-5-24(30)18-22)33-29(27)38-17-16-34-12-14-35(21-31)15-13-34/h3-11,18H,2,12-17,19-21H2,1H3,(H,32,36). The Bertz CT molecular complexity index is 1190. The monoisotopic (exact) mass is 632 g/mol. The molecule has 1 fully saturated rings. The van der Waals surface area contributed by atoms with E-state index in [4.69, 9.17) is 14.5 Å². The first-order valence-electron chi connectivity index (χ1n) is 12.9. The molecule has 0 saturated carbocycles. The Morgan fingerprint density at radius 1 is 1.03 bits per heavy atom. The molecule has 1 aliphatic heterocycles. The van der Waals surface area contributed by atoms with Gasteiger partial charge in [0.25, 0.3) is 0 Å². The van der Waals surface area contributed by atoms with E-state index >= 15 is 0 Å². The van der Waals surface area contributed by atoms with E-state index in [9.17, 15) is 9.18 Å².